The Kier molecular flexibility index (Phi) is 7.19. The van der Waals surface area contributed by atoms with E-state index in [9.17, 15) is 4.79 Å². The molecule has 0 spiro atoms. The molecule has 0 aliphatic rings. The van der Waals surface area contributed by atoms with Gasteiger partial charge in [-0.25, -0.2) is 4.98 Å². The summed E-state index contributed by atoms with van der Waals surface area (Å²) in [6.07, 6.45) is 3.65. The van der Waals surface area contributed by atoms with E-state index in [1.807, 2.05) is 36.5 Å². The van der Waals surface area contributed by atoms with Crippen molar-refractivity contribution in [3.05, 3.63) is 89.2 Å². The number of ether oxygens (including phenoxy) is 1. The number of hydrogen-bond donors (Lipinski definition) is 1. The number of pyridine rings is 1. The van der Waals surface area contributed by atoms with Crippen LogP contribution < -0.4 is 5.32 Å². The van der Waals surface area contributed by atoms with Gasteiger partial charge in [0.25, 0.3) is 5.91 Å². The molecule has 6 nitrogen and oxygen atoms in total. The Morgan fingerprint density at radius 2 is 1.97 bits per heavy atom. The quantitative estimate of drug-likeness (QED) is 0.304. The molecule has 0 fully saturated rings. The van der Waals surface area contributed by atoms with Crippen LogP contribution in [-0.2, 0) is 17.0 Å². The van der Waals surface area contributed by atoms with E-state index in [1.165, 1.54) is 11.1 Å². The van der Waals surface area contributed by atoms with Gasteiger partial charge in [-0.3, -0.25) is 9.78 Å². The van der Waals surface area contributed by atoms with Crippen LogP contribution in [0.1, 0.15) is 27.0 Å². The average molecular weight is 447 g/mol. The summed E-state index contributed by atoms with van der Waals surface area (Å²) in [5.74, 6) is 0.671. The first-order chi connectivity index (χ1) is 15.6. The van der Waals surface area contributed by atoms with Crippen molar-refractivity contribution in [2.75, 3.05) is 20.3 Å². The minimum absolute atomic E-state index is 0.0892. The number of carbonyl (C=O) groups excluding carboxylic acids is 1. The molecular formula is C25H26N4O2S. The highest BCUT2D eigenvalue weighted by Gasteiger charge is 2.13. The molecule has 2 aromatic heterocycles. The monoisotopic (exact) mass is 446 g/mol. The molecule has 1 amide bonds. The van der Waals surface area contributed by atoms with Crippen LogP contribution in [0.25, 0.3) is 11.0 Å². The van der Waals surface area contributed by atoms with Crippen molar-refractivity contribution in [2.45, 2.75) is 24.4 Å². The van der Waals surface area contributed by atoms with Gasteiger partial charge in [-0.2, -0.15) is 0 Å². The summed E-state index contributed by atoms with van der Waals surface area (Å²) < 4.78 is 7.19. The molecule has 0 unspecified atom stereocenters. The fourth-order valence-corrected chi connectivity index (χ4v) is 4.44. The van der Waals surface area contributed by atoms with Gasteiger partial charge >= 0.3 is 0 Å². The zero-order valence-electron chi connectivity index (χ0n) is 18.2. The second-order valence-electron chi connectivity index (χ2n) is 7.57. The number of thioether (sulfide) groups is 1. The molecule has 0 saturated heterocycles. The minimum Gasteiger partial charge on any atom is -0.383 e. The van der Waals surface area contributed by atoms with E-state index >= 15 is 0 Å². The smallest absolute Gasteiger partial charge is 0.251 e. The van der Waals surface area contributed by atoms with Crippen molar-refractivity contribution < 1.29 is 9.53 Å². The first-order valence-corrected chi connectivity index (χ1v) is 11.5. The number of nitrogens with zero attached hydrogens (tertiary/aromatic N) is 3. The van der Waals surface area contributed by atoms with Gasteiger partial charge in [-0.1, -0.05) is 53.7 Å². The number of carbonyl (C=O) groups is 1. The Morgan fingerprint density at radius 1 is 1.12 bits per heavy atom. The van der Waals surface area contributed by atoms with Gasteiger partial charge in [0.2, 0.25) is 0 Å². The molecular weight excluding hydrogens is 420 g/mol. The number of benzene rings is 2. The molecule has 0 radical (unpaired) electrons. The van der Waals surface area contributed by atoms with Crippen molar-refractivity contribution in [1.82, 2.24) is 19.9 Å². The first-order valence-electron chi connectivity index (χ1n) is 10.5. The van der Waals surface area contributed by atoms with Crippen LogP contribution in [0.4, 0.5) is 0 Å². The molecule has 4 aromatic rings. The van der Waals surface area contributed by atoms with E-state index in [-0.39, 0.29) is 5.91 Å². The molecule has 164 valence electrons. The van der Waals surface area contributed by atoms with E-state index in [0.717, 1.165) is 34.1 Å². The van der Waals surface area contributed by atoms with Crippen molar-refractivity contribution in [2.24, 2.45) is 0 Å². The van der Waals surface area contributed by atoms with Crippen LogP contribution in [0, 0.1) is 6.92 Å². The molecule has 2 heterocycles. The lowest BCUT2D eigenvalue weighted by Crippen LogP contribution is -2.26. The maximum atomic E-state index is 12.2. The first kappa shape index (κ1) is 22.0. The molecule has 0 aliphatic heterocycles. The summed E-state index contributed by atoms with van der Waals surface area (Å²) in [5.41, 5.74) is 6.23. The Labute approximate surface area is 192 Å². The summed E-state index contributed by atoms with van der Waals surface area (Å²) in [5, 5.41) is 3.79. The van der Waals surface area contributed by atoms with E-state index in [1.54, 1.807) is 25.1 Å². The SMILES string of the molecule is COCCNC(=O)c1ccc(CSc2nc3ccncc3n2Cc2cccc(C)c2)cc1. The van der Waals surface area contributed by atoms with E-state index in [2.05, 4.69) is 46.1 Å². The second-order valence-corrected chi connectivity index (χ2v) is 8.51. The number of aromatic nitrogens is 3. The number of fused-ring (bicyclic) bond motifs is 1. The fraction of sp³-hybridized carbons (Fsp3) is 0.240. The third kappa shape index (κ3) is 5.36. The van der Waals surface area contributed by atoms with Crippen LogP contribution in [0.3, 0.4) is 0 Å². The Hall–Kier alpha value is -3.16. The average Bonchev–Trinajstić information content (AvgIpc) is 3.15. The number of aryl methyl sites for hydroxylation is 1. The molecule has 32 heavy (non-hydrogen) atoms. The van der Waals surface area contributed by atoms with Gasteiger partial charge in [0.1, 0.15) is 0 Å². The summed E-state index contributed by atoms with van der Waals surface area (Å²) in [6.45, 7) is 3.85. The third-order valence-corrected chi connectivity index (χ3v) is 6.16. The summed E-state index contributed by atoms with van der Waals surface area (Å²) in [6, 6.07) is 18.2. The van der Waals surface area contributed by atoms with Crippen molar-refractivity contribution in [3.63, 3.8) is 0 Å². The Balaban J connectivity index is 1.49. The third-order valence-electron chi connectivity index (χ3n) is 5.11. The highest BCUT2D eigenvalue weighted by Crippen LogP contribution is 2.27. The summed E-state index contributed by atoms with van der Waals surface area (Å²) >= 11 is 1.69. The summed E-state index contributed by atoms with van der Waals surface area (Å²) in [7, 11) is 1.62. The van der Waals surface area contributed by atoms with Crippen LogP contribution in [0.5, 0.6) is 0 Å². The highest BCUT2D eigenvalue weighted by molar-refractivity contribution is 7.98. The van der Waals surface area contributed by atoms with Gasteiger partial charge in [0.05, 0.1) is 30.4 Å². The number of imidazole rings is 1. The van der Waals surface area contributed by atoms with Crippen molar-refractivity contribution in [3.8, 4) is 0 Å². The number of nitrogens with one attached hydrogen (secondary N) is 1. The van der Waals surface area contributed by atoms with Gasteiger partial charge in [-0.05, 0) is 36.2 Å². The number of methoxy groups -OCH3 is 1. The van der Waals surface area contributed by atoms with Crippen LogP contribution >= 0.6 is 11.8 Å². The van der Waals surface area contributed by atoms with Crippen LogP contribution in [-0.4, -0.2) is 40.7 Å². The lowest BCUT2D eigenvalue weighted by atomic mass is 10.1. The topological polar surface area (TPSA) is 69.0 Å². The normalized spacial score (nSPS) is 11.1. The number of amides is 1. The van der Waals surface area contributed by atoms with E-state index in [0.29, 0.717) is 18.7 Å². The fourth-order valence-electron chi connectivity index (χ4n) is 3.47. The number of hydrogen-bond acceptors (Lipinski definition) is 5. The Morgan fingerprint density at radius 3 is 2.75 bits per heavy atom. The maximum absolute atomic E-state index is 12.2. The second kappa shape index (κ2) is 10.4. The van der Waals surface area contributed by atoms with Crippen molar-refractivity contribution >= 4 is 28.7 Å². The standard InChI is InChI=1S/C25H26N4O2S/c1-18-4-3-5-20(14-18)16-29-23-15-26-11-10-22(23)28-25(29)32-17-19-6-8-21(9-7-19)24(30)27-12-13-31-2/h3-11,14-15H,12-13,16-17H2,1-2H3,(H,27,30). The zero-order chi connectivity index (χ0) is 22.3. The van der Waals surface area contributed by atoms with Crippen LogP contribution in [0.2, 0.25) is 0 Å². The predicted molar refractivity (Wildman–Crippen MR) is 128 cm³/mol. The van der Waals surface area contributed by atoms with Gasteiger partial charge in [0, 0.05) is 31.2 Å². The van der Waals surface area contributed by atoms with E-state index in [4.69, 9.17) is 9.72 Å². The predicted octanol–water partition coefficient (Wildman–Crippen LogP) is 4.46. The van der Waals surface area contributed by atoms with Gasteiger partial charge in [-0.15, -0.1) is 0 Å². The molecule has 0 bridgehead atoms. The highest BCUT2D eigenvalue weighted by atomic mass is 32.2. The molecule has 2 aromatic carbocycles. The largest absolute Gasteiger partial charge is 0.383 e. The Bertz CT molecular complexity index is 1200. The molecule has 0 aliphatic carbocycles. The molecule has 7 heteroatoms. The lowest BCUT2D eigenvalue weighted by Gasteiger charge is -2.10. The molecule has 1 N–H and O–H groups in total. The van der Waals surface area contributed by atoms with Gasteiger partial charge in [0.15, 0.2) is 5.16 Å². The minimum atomic E-state index is -0.0892. The van der Waals surface area contributed by atoms with Crippen LogP contribution in [0.15, 0.2) is 72.1 Å². The molecule has 4 rings (SSSR count). The molecule has 0 atom stereocenters. The van der Waals surface area contributed by atoms with E-state index < -0.39 is 0 Å². The zero-order valence-corrected chi connectivity index (χ0v) is 19.1. The molecule has 0 saturated carbocycles. The number of rotatable bonds is 9. The lowest BCUT2D eigenvalue weighted by molar-refractivity contribution is 0.0937. The van der Waals surface area contributed by atoms with Crippen molar-refractivity contribution in [1.29, 1.82) is 0 Å². The summed E-state index contributed by atoms with van der Waals surface area (Å²) in [4.78, 5) is 21.3. The van der Waals surface area contributed by atoms with Gasteiger partial charge < -0.3 is 14.6 Å². The maximum Gasteiger partial charge on any atom is 0.251 e.